The molecule has 20 heavy (non-hydrogen) atoms. The van der Waals surface area contributed by atoms with Crippen LogP contribution in [0.1, 0.15) is 11.3 Å². The van der Waals surface area contributed by atoms with Gasteiger partial charge in [-0.25, -0.2) is 4.79 Å². The number of anilines is 1. The van der Waals surface area contributed by atoms with Gasteiger partial charge in [0.05, 0.1) is 12.1 Å². The molecular formula is C14H15N4O2+. The van der Waals surface area contributed by atoms with Crippen molar-refractivity contribution in [3.8, 4) is 0 Å². The number of fused-ring (bicyclic) bond motifs is 1. The molecule has 6 heteroatoms. The number of pyridine rings is 1. The highest BCUT2D eigenvalue weighted by atomic mass is 16.5. The van der Waals surface area contributed by atoms with Crippen molar-refractivity contribution in [1.29, 1.82) is 0 Å². The number of nitrogens with one attached hydrogen (secondary N) is 1. The van der Waals surface area contributed by atoms with Crippen LogP contribution in [0.2, 0.25) is 0 Å². The summed E-state index contributed by atoms with van der Waals surface area (Å²) in [5.41, 5.74) is 8.28. The molecule has 3 rings (SSSR count). The van der Waals surface area contributed by atoms with Crippen LogP contribution in [0.25, 0.3) is 11.0 Å². The zero-order valence-electron chi connectivity index (χ0n) is 11.0. The quantitative estimate of drug-likeness (QED) is 0.475. The van der Waals surface area contributed by atoms with Gasteiger partial charge < -0.3 is 5.21 Å². The predicted molar refractivity (Wildman–Crippen MR) is 74.6 cm³/mol. The molecule has 1 aromatic carbocycles. The van der Waals surface area contributed by atoms with Crippen molar-refractivity contribution in [1.82, 2.24) is 9.55 Å². The number of aryl methyl sites for hydroxylation is 1. The van der Waals surface area contributed by atoms with Crippen molar-refractivity contribution in [2.75, 3.05) is 5.73 Å². The fraction of sp³-hybridized carbons (Fsp3) is 0.143. The predicted octanol–water partition coefficient (Wildman–Crippen LogP) is 0.793. The minimum absolute atomic E-state index is 0.129. The SMILES string of the molecule is Cc1cc2c([nH]c(=O)n2Cc2ccccc2)c(N)[n+]1O. The Labute approximate surface area is 114 Å². The Hall–Kier alpha value is -2.76. The second-order valence-corrected chi connectivity index (χ2v) is 4.74. The molecule has 0 aliphatic rings. The summed E-state index contributed by atoms with van der Waals surface area (Å²) in [6.45, 7) is 2.17. The van der Waals surface area contributed by atoms with Gasteiger partial charge in [0, 0.05) is 13.0 Å². The van der Waals surface area contributed by atoms with Crippen LogP contribution >= 0.6 is 0 Å². The molecule has 0 spiro atoms. The second-order valence-electron chi connectivity index (χ2n) is 4.74. The Bertz CT molecular complexity index is 834. The van der Waals surface area contributed by atoms with Crippen molar-refractivity contribution >= 4 is 16.9 Å². The number of hydrogen-bond donors (Lipinski definition) is 3. The van der Waals surface area contributed by atoms with Gasteiger partial charge in [-0.2, -0.15) is 0 Å². The molecule has 6 nitrogen and oxygen atoms in total. The van der Waals surface area contributed by atoms with E-state index in [1.165, 1.54) is 0 Å². The summed E-state index contributed by atoms with van der Waals surface area (Å²) >= 11 is 0. The monoisotopic (exact) mass is 271 g/mol. The van der Waals surface area contributed by atoms with Crippen molar-refractivity contribution in [3.63, 3.8) is 0 Å². The molecule has 4 N–H and O–H groups in total. The van der Waals surface area contributed by atoms with Gasteiger partial charge in [-0.3, -0.25) is 15.3 Å². The van der Waals surface area contributed by atoms with E-state index in [0.29, 0.717) is 23.3 Å². The molecule has 0 aliphatic carbocycles. The molecule has 2 heterocycles. The maximum atomic E-state index is 12.1. The van der Waals surface area contributed by atoms with E-state index in [1.807, 2.05) is 30.3 Å². The van der Waals surface area contributed by atoms with Crippen LogP contribution in [-0.2, 0) is 6.54 Å². The molecule has 3 aromatic rings. The molecule has 0 aliphatic heterocycles. The lowest BCUT2D eigenvalue weighted by atomic mass is 10.2. The summed E-state index contributed by atoms with van der Waals surface area (Å²) in [6, 6.07) is 11.4. The number of imidazole rings is 1. The normalized spacial score (nSPS) is 11.1. The Kier molecular flexibility index (Phi) is 2.71. The number of aromatic nitrogens is 3. The molecule has 2 aromatic heterocycles. The molecule has 102 valence electrons. The Balaban J connectivity index is 2.21. The van der Waals surface area contributed by atoms with E-state index in [2.05, 4.69) is 4.98 Å². The summed E-state index contributed by atoms with van der Waals surface area (Å²) in [4.78, 5) is 14.8. The van der Waals surface area contributed by atoms with Gasteiger partial charge in [-0.15, -0.1) is 0 Å². The van der Waals surface area contributed by atoms with E-state index >= 15 is 0 Å². The lowest BCUT2D eigenvalue weighted by Crippen LogP contribution is -2.37. The Morgan fingerprint density at radius 1 is 1.35 bits per heavy atom. The highest BCUT2D eigenvalue weighted by Gasteiger charge is 2.18. The number of H-pyrrole nitrogens is 1. The van der Waals surface area contributed by atoms with Crippen LogP contribution in [0.3, 0.4) is 0 Å². The summed E-state index contributed by atoms with van der Waals surface area (Å²) in [5, 5.41) is 9.75. The number of nitrogens with two attached hydrogens (primary N) is 1. The van der Waals surface area contributed by atoms with Crippen molar-refractivity contribution in [2.45, 2.75) is 13.5 Å². The van der Waals surface area contributed by atoms with Crippen molar-refractivity contribution in [2.24, 2.45) is 0 Å². The second kappa shape index (κ2) is 4.41. The van der Waals surface area contributed by atoms with Gasteiger partial charge in [-0.05, 0) is 10.3 Å². The van der Waals surface area contributed by atoms with Crippen LogP contribution in [0.15, 0.2) is 41.2 Å². The lowest BCUT2D eigenvalue weighted by Gasteiger charge is -2.04. The number of nitrogen functional groups attached to an aromatic ring is 1. The molecule has 0 atom stereocenters. The smallest absolute Gasteiger partial charge is 0.338 e. The summed E-state index contributed by atoms with van der Waals surface area (Å²) < 4.78 is 2.47. The zero-order chi connectivity index (χ0) is 14.3. The fourth-order valence-electron chi connectivity index (χ4n) is 2.31. The highest BCUT2D eigenvalue weighted by molar-refractivity contribution is 5.83. The molecule has 0 saturated carbocycles. The van der Waals surface area contributed by atoms with E-state index in [9.17, 15) is 10.0 Å². The third kappa shape index (κ3) is 1.82. The van der Waals surface area contributed by atoms with E-state index < -0.39 is 0 Å². The average Bonchev–Trinajstić information content (AvgIpc) is 2.75. The fourth-order valence-corrected chi connectivity index (χ4v) is 2.31. The molecule has 0 saturated heterocycles. The summed E-state index contributed by atoms with van der Waals surface area (Å²) in [5.74, 6) is 0.129. The average molecular weight is 271 g/mol. The van der Waals surface area contributed by atoms with Crippen LogP contribution in [0.5, 0.6) is 0 Å². The number of hydrogen-bond acceptors (Lipinski definition) is 3. The van der Waals surface area contributed by atoms with Crippen LogP contribution in [-0.4, -0.2) is 14.8 Å². The van der Waals surface area contributed by atoms with Gasteiger partial charge in [0.2, 0.25) is 0 Å². The molecule has 0 amide bonds. The van der Waals surface area contributed by atoms with E-state index in [1.54, 1.807) is 17.6 Å². The zero-order valence-corrected chi connectivity index (χ0v) is 11.0. The van der Waals surface area contributed by atoms with E-state index in [4.69, 9.17) is 5.73 Å². The Morgan fingerprint density at radius 2 is 2.05 bits per heavy atom. The number of benzene rings is 1. The minimum atomic E-state index is -0.249. The van der Waals surface area contributed by atoms with Crippen LogP contribution in [0.4, 0.5) is 5.82 Å². The van der Waals surface area contributed by atoms with E-state index in [-0.39, 0.29) is 11.5 Å². The first kappa shape index (κ1) is 12.3. The molecule has 0 bridgehead atoms. The molecule has 0 fully saturated rings. The number of aromatic amines is 1. The highest BCUT2D eigenvalue weighted by Crippen LogP contribution is 2.16. The van der Waals surface area contributed by atoms with Crippen molar-refractivity contribution in [3.05, 3.63) is 58.1 Å². The topological polar surface area (TPSA) is 87.9 Å². The first-order valence-electron chi connectivity index (χ1n) is 6.25. The standard InChI is InChI=1S/C14H14N4O2/c1-9-7-11-12(13(15)18(9)20)16-14(19)17(11)8-10-5-3-2-4-6-10/h2-7,15,20H,8H2,1H3,(H,16,19)/p+1. The maximum absolute atomic E-state index is 12.1. The van der Waals surface area contributed by atoms with Gasteiger partial charge in [0.1, 0.15) is 5.69 Å². The first-order valence-corrected chi connectivity index (χ1v) is 6.25. The van der Waals surface area contributed by atoms with Gasteiger partial charge in [-0.1, -0.05) is 30.3 Å². The van der Waals surface area contributed by atoms with Crippen LogP contribution < -0.4 is 16.2 Å². The third-order valence-corrected chi connectivity index (χ3v) is 3.37. The maximum Gasteiger partial charge on any atom is 0.338 e. The molecular weight excluding hydrogens is 256 g/mol. The lowest BCUT2D eigenvalue weighted by molar-refractivity contribution is -0.896. The summed E-state index contributed by atoms with van der Waals surface area (Å²) in [6.07, 6.45) is 0. The van der Waals surface area contributed by atoms with E-state index in [0.717, 1.165) is 10.3 Å². The first-order chi connectivity index (χ1) is 9.58. The van der Waals surface area contributed by atoms with Gasteiger partial charge >= 0.3 is 11.5 Å². The number of rotatable bonds is 2. The van der Waals surface area contributed by atoms with Crippen LogP contribution in [0, 0.1) is 6.92 Å². The third-order valence-electron chi connectivity index (χ3n) is 3.37. The molecule has 0 unspecified atom stereocenters. The van der Waals surface area contributed by atoms with Crippen molar-refractivity contribution < 1.29 is 9.94 Å². The number of nitrogens with zero attached hydrogens (tertiary/aromatic N) is 2. The largest absolute Gasteiger partial charge is 0.349 e. The summed E-state index contributed by atoms with van der Waals surface area (Å²) in [7, 11) is 0. The molecule has 0 radical (unpaired) electrons. The minimum Gasteiger partial charge on any atom is -0.349 e. The van der Waals surface area contributed by atoms with Gasteiger partial charge in [0.25, 0.3) is 0 Å². The Morgan fingerprint density at radius 3 is 2.75 bits per heavy atom. The van der Waals surface area contributed by atoms with Gasteiger partial charge in [0.15, 0.2) is 5.52 Å².